The highest BCUT2D eigenvalue weighted by Gasteiger charge is 2.22. The molecule has 112 valence electrons. The molecule has 2 rings (SSSR count). The Morgan fingerprint density at radius 2 is 2.00 bits per heavy atom. The van der Waals surface area contributed by atoms with E-state index in [1.807, 2.05) is 0 Å². The van der Waals surface area contributed by atoms with Crippen LogP contribution in [0.4, 0.5) is 4.39 Å². The predicted octanol–water partition coefficient (Wildman–Crippen LogP) is 2.62. The molecule has 0 radical (unpaired) electrons. The summed E-state index contributed by atoms with van der Waals surface area (Å²) in [6.07, 6.45) is 3.88. The molecule has 1 heterocycles. The zero-order valence-corrected chi connectivity index (χ0v) is 12.5. The van der Waals surface area contributed by atoms with Gasteiger partial charge < -0.3 is 9.64 Å². The summed E-state index contributed by atoms with van der Waals surface area (Å²) in [6, 6.07) is 6.87. The van der Waals surface area contributed by atoms with Gasteiger partial charge in [-0.15, -0.1) is 0 Å². The Morgan fingerprint density at radius 1 is 1.25 bits per heavy atom. The van der Waals surface area contributed by atoms with Crippen LogP contribution in [0.3, 0.4) is 0 Å². The van der Waals surface area contributed by atoms with Gasteiger partial charge in [0.1, 0.15) is 18.2 Å². The van der Waals surface area contributed by atoms with Crippen LogP contribution in [-0.4, -0.2) is 56.2 Å². The van der Waals surface area contributed by atoms with Gasteiger partial charge in [0.05, 0.1) is 0 Å². The van der Waals surface area contributed by atoms with Crippen molar-refractivity contribution >= 4 is 0 Å². The van der Waals surface area contributed by atoms with Crippen molar-refractivity contribution in [1.29, 1.82) is 0 Å². The van der Waals surface area contributed by atoms with E-state index in [4.69, 9.17) is 4.74 Å². The van der Waals surface area contributed by atoms with E-state index in [0.29, 0.717) is 12.6 Å². The van der Waals surface area contributed by atoms with Crippen LogP contribution in [0, 0.1) is 5.82 Å². The Kier molecular flexibility index (Phi) is 5.80. The molecule has 1 unspecified atom stereocenters. The van der Waals surface area contributed by atoms with Gasteiger partial charge in [-0.25, -0.2) is 4.39 Å². The molecule has 0 amide bonds. The zero-order chi connectivity index (χ0) is 14.4. The molecule has 0 N–H and O–H groups in total. The van der Waals surface area contributed by atoms with Crippen LogP contribution in [0.2, 0.25) is 0 Å². The topological polar surface area (TPSA) is 15.7 Å². The molecule has 20 heavy (non-hydrogen) atoms. The van der Waals surface area contributed by atoms with Crippen molar-refractivity contribution < 1.29 is 9.13 Å². The number of ether oxygens (including phenoxy) is 1. The standard InChI is InChI=1S/C16H25FN2O/c1-18(2)13-15-5-3-4-10-19(15)11-12-20-16-8-6-14(17)7-9-16/h6-9,15H,3-5,10-13H2,1-2H3. The first-order valence-electron chi connectivity index (χ1n) is 7.42. The molecule has 3 nitrogen and oxygen atoms in total. The zero-order valence-electron chi connectivity index (χ0n) is 12.5. The van der Waals surface area contributed by atoms with Crippen molar-refractivity contribution in [2.75, 3.05) is 40.3 Å². The number of hydrogen-bond acceptors (Lipinski definition) is 3. The number of likely N-dealkylation sites (N-methyl/N-ethyl adjacent to an activating group) is 1. The molecule has 0 saturated carbocycles. The van der Waals surface area contributed by atoms with Crippen LogP contribution in [0.1, 0.15) is 19.3 Å². The van der Waals surface area contributed by atoms with Gasteiger partial charge in [-0.2, -0.15) is 0 Å². The summed E-state index contributed by atoms with van der Waals surface area (Å²) in [7, 11) is 4.25. The first-order chi connectivity index (χ1) is 9.65. The molecule has 0 spiro atoms. The summed E-state index contributed by atoms with van der Waals surface area (Å²) in [4.78, 5) is 4.77. The third-order valence-electron chi connectivity index (χ3n) is 3.79. The summed E-state index contributed by atoms with van der Waals surface area (Å²) in [5.74, 6) is 0.520. The smallest absolute Gasteiger partial charge is 0.123 e. The molecule has 1 fully saturated rings. The number of rotatable bonds is 6. The second kappa shape index (κ2) is 7.60. The Hall–Kier alpha value is -1.13. The van der Waals surface area contributed by atoms with Crippen molar-refractivity contribution in [1.82, 2.24) is 9.80 Å². The molecular formula is C16H25FN2O. The molecule has 1 aromatic carbocycles. The van der Waals surface area contributed by atoms with Crippen molar-refractivity contribution in [3.63, 3.8) is 0 Å². The van der Waals surface area contributed by atoms with Crippen molar-refractivity contribution in [3.05, 3.63) is 30.1 Å². The minimum atomic E-state index is -0.223. The Labute approximate surface area is 121 Å². The van der Waals surface area contributed by atoms with Gasteiger partial charge in [0.2, 0.25) is 0 Å². The summed E-state index contributed by atoms with van der Waals surface area (Å²) < 4.78 is 18.5. The van der Waals surface area contributed by atoms with Crippen molar-refractivity contribution in [2.24, 2.45) is 0 Å². The van der Waals surface area contributed by atoms with Gasteiger partial charge in [0, 0.05) is 19.1 Å². The molecule has 4 heteroatoms. The Balaban J connectivity index is 1.77. The summed E-state index contributed by atoms with van der Waals surface area (Å²) in [5.41, 5.74) is 0. The largest absolute Gasteiger partial charge is 0.492 e. The maximum Gasteiger partial charge on any atom is 0.123 e. The van der Waals surface area contributed by atoms with Gasteiger partial charge >= 0.3 is 0 Å². The van der Waals surface area contributed by atoms with E-state index >= 15 is 0 Å². The van der Waals surface area contributed by atoms with Crippen molar-refractivity contribution in [3.8, 4) is 5.75 Å². The molecule has 0 aliphatic carbocycles. The van der Waals surface area contributed by atoms with Gasteiger partial charge in [0.25, 0.3) is 0 Å². The van der Waals surface area contributed by atoms with Crippen LogP contribution in [0.5, 0.6) is 5.75 Å². The van der Waals surface area contributed by atoms with Crippen LogP contribution < -0.4 is 4.74 Å². The van der Waals surface area contributed by atoms with Crippen molar-refractivity contribution in [2.45, 2.75) is 25.3 Å². The van der Waals surface area contributed by atoms with Gasteiger partial charge in [-0.3, -0.25) is 4.90 Å². The highest BCUT2D eigenvalue weighted by Crippen LogP contribution is 2.17. The number of benzene rings is 1. The molecule has 1 aromatic rings. The van der Waals surface area contributed by atoms with Gasteiger partial charge in [0.15, 0.2) is 0 Å². The van der Waals surface area contributed by atoms with Crippen LogP contribution in [0.25, 0.3) is 0 Å². The molecule has 0 aromatic heterocycles. The fraction of sp³-hybridized carbons (Fsp3) is 0.625. The van der Waals surface area contributed by atoms with Crippen LogP contribution in [0.15, 0.2) is 24.3 Å². The van der Waals surface area contributed by atoms with E-state index < -0.39 is 0 Å². The minimum absolute atomic E-state index is 0.223. The SMILES string of the molecule is CN(C)CC1CCCCN1CCOc1ccc(F)cc1. The fourth-order valence-electron chi connectivity index (χ4n) is 2.79. The number of piperidine rings is 1. The van der Waals surface area contributed by atoms with E-state index in [-0.39, 0.29) is 5.82 Å². The average molecular weight is 280 g/mol. The quantitative estimate of drug-likeness (QED) is 0.796. The molecule has 1 aliphatic heterocycles. The first-order valence-corrected chi connectivity index (χ1v) is 7.42. The van der Waals surface area contributed by atoms with E-state index in [2.05, 4.69) is 23.9 Å². The van der Waals surface area contributed by atoms with E-state index in [1.165, 1.54) is 31.4 Å². The van der Waals surface area contributed by atoms with E-state index in [1.54, 1.807) is 12.1 Å². The minimum Gasteiger partial charge on any atom is -0.492 e. The second-order valence-corrected chi connectivity index (χ2v) is 5.75. The van der Waals surface area contributed by atoms with E-state index in [9.17, 15) is 4.39 Å². The number of likely N-dealkylation sites (tertiary alicyclic amines) is 1. The van der Waals surface area contributed by atoms with Crippen LogP contribution in [-0.2, 0) is 0 Å². The first kappa shape index (κ1) is 15.3. The maximum absolute atomic E-state index is 12.8. The third kappa shape index (κ3) is 4.76. The normalized spacial score (nSPS) is 20.3. The predicted molar refractivity (Wildman–Crippen MR) is 79.7 cm³/mol. The summed E-state index contributed by atoms with van der Waals surface area (Å²) in [6.45, 7) is 3.87. The molecule has 0 bridgehead atoms. The molecule has 1 aliphatic rings. The van der Waals surface area contributed by atoms with Gasteiger partial charge in [-0.1, -0.05) is 6.42 Å². The fourth-order valence-corrected chi connectivity index (χ4v) is 2.79. The molecular weight excluding hydrogens is 255 g/mol. The molecule has 1 atom stereocenters. The van der Waals surface area contributed by atoms with E-state index in [0.717, 1.165) is 25.4 Å². The summed E-state index contributed by atoms with van der Waals surface area (Å²) >= 11 is 0. The maximum atomic E-state index is 12.8. The average Bonchev–Trinajstić information content (AvgIpc) is 2.42. The van der Waals surface area contributed by atoms with Gasteiger partial charge in [-0.05, 0) is 57.7 Å². The third-order valence-corrected chi connectivity index (χ3v) is 3.79. The highest BCUT2D eigenvalue weighted by molar-refractivity contribution is 5.21. The summed E-state index contributed by atoms with van der Waals surface area (Å²) in [5, 5.41) is 0. The Bertz CT molecular complexity index is 394. The number of nitrogens with zero attached hydrogens (tertiary/aromatic N) is 2. The molecule has 1 saturated heterocycles. The lowest BCUT2D eigenvalue weighted by atomic mass is 10.0. The highest BCUT2D eigenvalue weighted by atomic mass is 19.1. The van der Waals surface area contributed by atoms with Crippen LogP contribution >= 0.6 is 0 Å². The number of hydrogen-bond donors (Lipinski definition) is 0. The second-order valence-electron chi connectivity index (χ2n) is 5.75. The lowest BCUT2D eigenvalue weighted by Crippen LogP contribution is -2.46. The lowest BCUT2D eigenvalue weighted by molar-refractivity contribution is 0.103. The monoisotopic (exact) mass is 280 g/mol. The Morgan fingerprint density at radius 3 is 2.70 bits per heavy atom. The lowest BCUT2D eigenvalue weighted by Gasteiger charge is -2.37. The number of halogens is 1.